The number of amides is 1. The summed E-state index contributed by atoms with van der Waals surface area (Å²) in [5.74, 6) is 0.724. The fraction of sp³-hybridized carbons (Fsp3) is 0.409. The summed E-state index contributed by atoms with van der Waals surface area (Å²) >= 11 is 0. The van der Waals surface area contributed by atoms with Crippen LogP contribution in [0.1, 0.15) is 24.8 Å². The molecule has 27 heavy (non-hydrogen) atoms. The first-order chi connectivity index (χ1) is 13.2. The van der Waals surface area contributed by atoms with Crippen LogP contribution in [0.3, 0.4) is 0 Å². The summed E-state index contributed by atoms with van der Waals surface area (Å²) in [7, 11) is 0. The van der Waals surface area contributed by atoms with Crippen molar-refractivity contribution in [1.82, 2.24) is 10.2 Å². The second-order valence-electron chi connectivity index (χ2n) is 6.98. The van der Waals surface area contributed by atoms with Gasteiger partial charge in [0.15, 0.2) is 0 Å². The van der Waals surface area contributed by atoms with E-state index in [2.05, 4.69) is 10.2 Å². The van der Waals surface area contributed by atoms with E-state index in [1.165, 1.54) is 12.1 Å². The van der Waals surface area contributed by atoms with Crippen molar-refractivity contribution in [2.75, 3.05) is 26.2 Å². The predicted molar refractivity (Wildman–Crippen MR) is 104 cm³/mol. The first-order valence-electron chi connectivity index (χ1n) is 9.63. The molecule has 0 saturated carbocycles. The van der Waals surface area contributed by atoms with E-state index in [-0.39, 0.29) is 17.6 Å². The first kappa shape index (κ1) is 19.4. The van der Waals surface area contributed by atoms with Crippen molar-refractivity contribution in [2.45, 2.75) is 25.8 Å². The molecule has 1 saturated heterocycles. The summed E-state index contributed by atoms with van der Waals surface area (Å²) in [6.07, 6.45) is 2.72. The van der Waals surface area contributed by atoms with Gasteiger partial charge in [0.05, 0.1) is 6.61 Å². The maximum Gasteiger partial charge on any atom is 0.223 e. The summed E-state index contributed by atoms with van der Waals surface area (Å²) in [6, 6.07) is 16.1. The number of carbonyl (C=O) groups is 1. The summed E-state index contributed by atoms with van der Waals surface area (Å²) in [5, 5.41) is 3.05. The predicted octanol–water partition coefficient (Wildman–Crippen LogP) is 3.62. The topological polar surface area (TPSA) is 41.6 Å². The van der Waals surface area contributed by atoms with Crippen molar-refractivity contribution in [3.63, 3.8) is 0 Å². The monoisotopic (exact) mass is 370 g/mol. The maximum absolute atomic E-state index is 12.9. The summed E-state index contributed by atoms with van der Waals surface area (Å²) in [4.78, 5) is 14.7. The Balaban J connectivity index is 1.29. The fourth-order valence-electron chi connectivity index (χ4n) is 3.36. The summed E-state index contributed by atoms with van der Waals surface area (Å²) < 4.78 is 18.5. The highest BCUT2D eigenvalue weighted by Gasteiger charge is 2.24. The number of ether oxygens (including phenoxy) is 1. The van der Waals surface area contributed by atoms with Gasteiger partial charge < -0.3 is 15.0 Å². The van der Waals surface area contributed by atoms with E-state index >= 15 is 0 Å². The lowest BCUT2D eigenvalue weighted by Gasteiger charge is -2.31. The number of rotatable bonds is 8. The highest BCUT2D eigenvalue weighted by atomic mass is 19.1. The zero-order chi connectivity index (χ0) is 18.9. The van der Waals surface area contributed by atoms with E-state index in [0.29, 0.717) is 18.9 Å². The molecule has 1 heterocycles. The van der Waals surface area contributed by atoms with E-state index in [9.17, 15) is 9.18 Å². The fourth-order valence-corrected chi connectivity index (χ4v) is 3.36. The Morgan fingerprint density at radius 1 is 1.07 bits per heavy atom. The number of nitrogens with one attached hydrogen (secondary N) is 1. The standard InChI is InChI=1S/C22H27FN2O2/c23-20-7-9-21(10-8-20)27-16-4-13-25-14-11-19(12-15-25)22(26)24-17-18-5-2-1-3-6-18/h1-3,5-10,19H,4,11-17H2,(H,24,26). The van der Waals surface area contributed by atoms with Crippen molar-refractivity contribution in [3.05, 3.63) is 66.0 Å². The minimum absolute atomic E-state index is 0.112. The molecule has 0 aliphatic carbocycles. The van der Waals surface area contributed by atoms with Crippen molar-refractivity contribution in [2.24, 2.45) is 5.92 Å². The van der Waals surface area contributed by atoms with Gasteiger partial charge in [0.1, 0.15) is 11.6 Å². The van der Waals surface area contributed by atoms with E-state index in [4.69, 9.17) is 4.74 Å². The Bertz CT molecular complexity index is 698. The number of hydrogen-bond donors (Lipinski definition) is 1. The second kappa shape index (κ2) is 10.1. The van der Waals surface area contributed by atoms with Crippen LogP contribution in [0.2, 0.25) is 0 Å². The largest absolute Gasteiger partial charge is 0.494 e. The third-order valence-corrected chi connectivity index (χ3v) is 4.97. The van der Waals surface area contributed by atoms with Gasteiger partial charge in [-0.3, -0.25) is 4.79 Å². The SMILES string of the molecule is O=C(NCc1ccccc1)C1CCN(CCCOc2ccc(F)cc2)CC1. The third kappa shape index (κ3) is 6.36. The molecule has 0 unspecified atom stereocenters. The van der Waals surface area contributed by atoms with Gasteiger partial charge in [-0.05, 0) is 62.2 Å². The molecular formula is C22H27FN2O2. The lowest BCUT2D eigenvalue weighted by atomic mass is 9.95. The van der Waals surface area contributed by atoms with E-state index in [0.717, 1.165) is 44.5 Å². The molecule has 0 aromatic heterocycles. The molecule has 1 N–H and O–H groups in total. The van der Waals surface area contributed by atoms with Crippen LogP contribution in [-0.2, 0) is 11.3 Å². The average Bonchev–Trinajstić information content (AvgIpc) is 2.72. The Hall–Kier alpha value is -2.40. The van der Waals surface area contributed by atoms with Crippen LogP contribution >= 0.6 is 0 Å². The van der Waals surface area contributed by atoms with Gasteiger partial charge in [0, 0.05) is 19.0 Å². The number of carbonyl (C=O) groups excluding carboxylic acids is 1. The lowest BCUT2D eigenvalue weighted by molar-refractivity contribution is -0.126. The van der Waals surface area contributed by atoms with Gasteiger partial charge in [0.2, 0.25) is 5.91 Å². The highest BCUT2D eigenvalue weighted by molar-refractivity contribution is 5.78. The number of likely N-dealkylation sites (tertiary alicyclic amines) is 1. The van der Waals surface area contributed by atoms with Crippen LogP contribution in [-0.4, -0.2) is 37.0 Å². The van der Waals surface area contributed by atoms with Crippen LogP contribution in [0.4, 0.5) is 4.39 Å². The molecule has 0 atom stereocenters. The smallest absolute Gasteiger partial charge is 0.223 e. The van der Waals surface area contributed by atoms with Crippen molar-refractivity contribution >= 4 is 5.91 Å². The van der Waals surface area contributed by atoms with Crippen LogP contribution in [0.15, 0.2) is 54.6 Å². The molecule has 1 amide bonds. The molecule has 1 aliphatic heterocycles. The Morgan fingerprint density at radius 2 is 1.78 bits per heavy atom. The van der Waals surface area contributed by atoms with Gasteiger partial charge in [-0.1, -0.05) is 30.3 Å². The van der Waals surface area contributed by atoms with Crippen LogP contribution in [0, 0.1) is 11.7 Å². The highest BCUT2D eigenvalue weighted by Crippen LogP contribution is 2.18. The van der Waals surface area contributed by atoms with Crippen LogP contribution < -0.4 is 10.1 Å². The number of piperidine rings is 1. The molecular weight excluding hydrogens is 343 g/mol. The minimum atomic E-state index is -0.252. The molecule has 1 aliphatic rings. The van der Waals surface area contributed by atoms with Crippen molar-refractivity contribution < 1.29 is 13.9 Å². The van der Waals surface area contributed by atoms with Gasteiger partial charge in [-0.15, -0.1) is 0 Å². The van der Waals surface area contributed by atoms with Gasteiger partial charge in [0.25, 0.3) is 0 Å². The number of hydrogen-bond acceptors (Lipinski definition) is 3. The quantitative estimate of drug-likeness (QED) is 0.722. The van der Waals surface area contributed by atoms with Crippen molar-refractivity contribution in [3.8, 4) is 5.75 Å². The molecule has 2 aromatic rings. The molecule has 4 nitrogen and oxygen atoms in total. The van der Waals surface area contributed by atoms with E-state index in [1.807, 2.05) is 30.3 Å². The third-order valence-electron chi connectivity index (χ3n) is 4.97. The maximum atomic E-state index is 12.9. The van der Waals surface area contributed by atoms with Crippen LogP contribution in [0.25, 0.3) is 0 Å². The van der Waals surface area contributed by atoms with Gasteiger partial charge >= 0.3 is 0 Å². The average molecular weight is 370 g/mol. The lowest BCUT2D eigenvalue weighted by Crippen LogP contribution is -2.40. The summed E-state index contributed by atoms with van der Waals surface area (Å²) in [6.45, 7) is 4.06. The van der Waals surface area contributed by atoms with Crippen LogP contribution in [0.5, 0.6) is 5.75 Å². The first-order valence-corrected chi connectivity index (χ1v) is 9.63. The van der Waals surface area contributed by atoms with Gasteiger partial charge in [-0.2, -0.15) is 0 Å². The zero-order valence-corrected chi connectivity index (χ0v) is 15.6. The normalized spacial score (nSPS) is 15.4. The molecule has 5 heteroatoms. The molecule has 0 bridgehead atoms. The second-order valence-corrected chi connectivity index (χ2v) is 6.98. The molecule has 1 fully saturated rings. The van der Waals surface area contributed by atoms with Crippen molar-refractivity contribution in [1.29, 1.82) is 0 Å². The Kier molecular flexibility index (Phi) is 7.22. The number of nitrogens with zero attached hydrogens (tertiary/aromatic N) is 1. The van der Waals surface area contributed by atoms with E-state index in [1.54, 1.807) is 12.1 Å². The molecule has 2 aromatic carbocycles. The Morgan fingerprint density at radius 3 is 2.48 bits per heavy atom. The zero-order valence-electron chi connectivity index (χ0n) is 15.6. The van der Waals surface area contributed by atoms with Gasteiger partial charge in [-0.25, -0.2) is 4.39 Å². The number of halogens is 1. The summed E-state index contributed by atoms with van der Waals surface area (Å²) in [5.41, 5.74) is 1.13. The number of benzene rings is 2. The minimum Gasteiger partial charge on any atom is -0.494 e. The Labute approximate surface area is 160 Å². The molecule has 3 rings (SSSR count). The molecule has 0 radical (unpaired) electrons. The molecule has 144 valence electrons. The molecule has 0 spiro atoms. The van der Waals surface area contributed by atoms with E-state index < -0.39 is 0 Å².